The molecule has 10 aromatic carbocycles. The minimum absolute atomic E-state index is 0. The Kier molecular flexibility index (Phi) is 25.2. The number of rotatable bonds is 4. The van der Waals surface area contributed by atoms with E-state index in [-0.39, 0.29) is 89.4 Å². The van der Waals surface area contributed by atoms with Gasteiger partial charge in [0, 0.05) is 12.1 Å². The molecule has 0 heterocycles. The van der Waals surface area contributed by atoms with Gasteiger partial charge in [0.15, 0.2) is 0 Å². The van der Waals surface area contributed by atoms with Gasteiger partial charge in [0.1, 0.15) is 23.0 Å². The fourth-order valence-electron chi connectivity index (χ4n) is 8.41. The van der Waals surface area contributed by atoms with Crippen molar-refractivity contribution in [3.63, 3.8) is 0 Å². The zero-order valence-corrected chi connectivity index (χ0v) is 47.7. The molecule has 4 N–H and O–H groups in total. The van der Waals surface area contributed by atoms with Gasteiger partial charge in [-0.25, -0.2) is 0 Å². The molecule has 0 saturated heterocycles. The average molecular weight is 1120 g/mol. The summed E-state index contributed by atoms with van der Waals surface area (Å²) in [6.07, 6.45) is -1.67. The van der Waals surface area contributed by atoms with E-state index in [2.05, 4.69) is 0 Å². The summed E-state index contributed by atoms with van der Waals surface area (Å²) in [6.45, 7) is 12.9. The number of benzene rings is 10. The molecule has 0 aromatic heterocycles. The van der Waals surface area contributed by atoms with Crippen LogP contribution >= 0.6 is 0 Å². The SMILES string of the molecule is CC(C)[O-].CC(C)[O-].CC(C)[O-].CC(C)[O-].Oc1cc(O)cc(-c2c3ccccc3c(-c3cc(O)cc(O)c3)c3ccccc23)c1.[O-]c1cc([O-])cc(-c2c3ccccc3c(-c3cc([O-])cc([O-])c3)c3ccccc23)c1.[Ti+4].[Ti+4]. The van der Waals surface area contributed by atoms with Gasteiger partial charge < -0.3 is 61.3 Å². The van der Waals surface area contributed by atoms with E-state index in [0.717, 1.165) is 77.5 Å². The molecule has 14 heteroatoms. The van der Waals surface area contributed by atoms with Crippen molar-refractivity contribution in [1.82, 2.24) is 0 Å². The monoisotopic (exact) mass is 1120 g/mol. The van der Waals surface area contributed by atoms with E-state index < -0.39 is 24.4 Å². The molecule has 0 aliphatic rings. The molecular weight excluding hydrogens is 1060 g/mol. The number of aromatic hydroxyl groups is 4. The Balaban J connectivity index is 0.000000316. The van der Waals surface area contributed by atoms with E-state index >= 15 is 0 Å². The predicted octanol–water partition coefficient (Wildman–Crippen LogP) is 8.79. The molecule has 10 rings (SSSR count). The van der Waals surface area contributed by atoms with Crippen molar-refractivity contribution >= 4 is 43.1 Å². The number of hydrogen-bond acceptors (Lipinski definition) is 12. The molecule has 12 nitrogen and oxygen atoms in total. The molecule has 0 aliphatic heterocycles. The van der Waals surface area contributed by atoms with Gasteiger partial charge in [-0.15, -0.1) is 47.4 Å². The molecular formula is C64H60O12Ti2. The Morgan fingerprint density at radius 2 is 0.397 bits per heavy atom. The van der Waals surface area contributed by atoms with Crippen molar-refractivity contribution < 1.29 is 105 Å². The van der Waals surface area contributed by atoms with Crippen LogP contribution < -0.4 is 40.9 Å². The first-order valence-electron chi connectivity index (χ1n) is 24.5. The van der Waals surface area contributed by atoms with E-state index in [1.807, 2.05) is 97.1 Å². The second kappa shape index (κ2) is 30.2. The third kappa shape index (κ3) is 18.0. The first-order valence-corrected chi connectivity index (χ1v) is 24.5. The van der Waals surface area contributed by atoms with Gasteiger partial charge in [-0.05, 0) is 112 Å². The van der Waals surface area contributed by atoms with Crippen LogP contribution in [0.2, 0.25) is 0 Å². The molecule has 0 radical (unpaired) electrons. The zero-order chi connectivity index (χ0) is 56.0. The van der Waals surface area contributed by atoms with Crippen LogP contribution in [0, 0.1) is 0 Å². The minimum atomic E-state index is -0.417. The topological polar surface area (TPSA) is 265 Å². The quantitative estimate of drug-likeness (QED) is 0.0952. The number of fused-ring (bicyclic) bond motifs is 4. The van der Waals surface area contributed by atoms with Crippen LogP contribution in [0.4, 0.5) is 0 Å². The van der Waals surface area contributed by atoms with Crippen LogP contribution in [0.1, 0.15) is 55.4 Å². The maximum absolute atomic E-state index is 12.1. The Morgan fingerprint density at radius 3 is 0.551 bits per heavy atom. The van der Waals surface area contributed by atoms with E-state index in [1.165, 1.54) is 36.4 Å². The summed E-state index contributed by atoms with van der Waals surface area (Å²) in [6, 6.07) is 48.0. The molecule has 78 heavy (non-hydrogen) atoms. The molecule has 0 unspecified atom stereocenters. The summed E-state index contributed by atoms with van der Waals surface area (Å²) in [7, 11) is 0. The van der Waals surface area contributed by atoms with Gasteiger partial charge in [0.2, 0.25) is 0 Å². The zero-order valence-electron chi connectivity index (χ0n) is 44.5. The van der Waals surface area contributed by atoms with Gasteiger partial charge in [0.05, 0.1) is 0 Å². The number of hydrogen-bond donors (Lipinski definition) is 4. The number of phenolic OH excluding ortho intramolecular Hbond substituents is 4. The minimum Gasteiger partial charge on any atom is -0.872 e. The van der Waals surface area contributed by atoms with Crippen molar-refractivity contribution in [1.29, 1.82) is 0 Å². The van der Waals surface area contributed by atoms with Gasteiger partial charge in [0.25, 0.3) is 0 Å². The maximum atomic E-state index is 12.1. The summed E-state index contributed by atoms with van der Waals surface area (Å²) in [4.78, 5) is 0. The molecule has 0 amide bonds. The van der Waals surface area contributed by atoms with E-state index in [0.29, 0.717) is 22.3 Å². The summed E-state index contributed by atoms with van der Waals surface area (Å²) < 4.78 is 0. The maximum Gasteiger partial charge on any atom is 4.00 e. The Bertz CT molecular complexity index is 2890. The van der Waals surface area contributed by atoms with Crippen LogP contribution in [0.15, 0.2) is 170 Å². The Labute approximate surface area is 484 Å². The summed E-state index contributed by atoms with van der Waals surface area (Å²) in [5, 5.41) is 134. The third-order valence-electron chi connectivity index (χ3n) is 10.6. The van der Waals surface area contributed by atoms with E-state index in [4.69, 9.17) is 0 Å². The molecule has 0 aliphatic carbocycles. The first-order chi connectivity index (χ1) is 35.9. The van der Waals surface area contributed by atoms with Gasteiger partial charge >= 0.3 is 43.4 Å². The number of phenols is 4. The smallest absolute Gasteiger partial charge is 0.872 e. The fraction of sp³-hybridized carbons (Fsp3) is 0.188. The average Bonchev–Trinajstić information content (AvgIpc) is 3.30. The van der Waals surface area contributed by atoms with Gasteiger partial charge in [-0.3, -0.25) is 0 Å². The first kappa shape index (κ1) is 65.2. The van der Waals surface area contributed by atoms with Gasteiger partial charge in [-0.2, -0.15) is 0 Å². The Hall–Kier alpha value is -7.09. The van der Waals surface area contributed by atoms with Gasteiger partial charge in [-0.1, -0.05) is 189 Å². The second-order valence-electron chi connectivity index (χ2n) is 18.7. The molecule has 396 valence electrons. The van der Waals surface area contributed by atoms with Crippen molar-refractivity contribution in [2.75, 3.05) is 0 Å². The Morgan fingerprint density at radius 1 is 0.256 bits per heavy atom. The van der Waals surface area contributed by atoms with Crippen molar-refractivity contribution in [2.45, 2.75) is 79.8 Å². The molecule has 0 spiro atoms. The van der Waals surface area contributed by atoms with Crippen LogP contribution in [-0.2, 0) is 43.4 Å². The van der Waals surface area contributed by atoms with Crippen LogP contribution in [-0.4, -0.2) is 44.8 Å². The second-order valence-corrected chi connectivity index (χ2v) is 18.7. The molecule has 0 bridgehead atoms. The third-order valence-corrected chi connectivity index (χ3v) is 10.6. The molecule has 0 atom stereocenters. The predicted molar refractivity (Wildman–Crippen MR) is 290 cm³/mol. The molecule has 0 fully saturated rings. The normalized spacial score (nSPS) is 10.5. The molecule has 0 saturated carbocycles. The summed E-state index contributed by atoms with van der Waals surface area (Å²) in [5.41, 5.74) is 5.83. The van der Waals surface area contributed by atoms with E-state index in [1.54, 1.807) is 79.7 Å². The molecule has 10 aromatic rings. The van der Waals surface area contributed by atoms with Crippen molar-refractivity contribution in [2.24, 2.45) is 0 Å². The summed E-state index contributed by atoms with van der Waals surface area (Å²) in [5.74, 6) is -1.43. The standard InChI is InChI=1S/2C26H18O4.4C3H7O.2Ti/c2*27-17-9-15(10-18(28)13-17)25-21-5-1-2-6-22(21)26(24-8-4-3-7-23(24)25)16-11-19(29)14-20(30)12-16;4*1-3(2)4;;/h2*1-14,27-30H;4*3H,1-2H3;;/q;;4*-1;2*+4/p-4. The fourth-order valence-corrected chi connectivity index (χ4v) is 8.41. The largest absolute Gasteiger partial charge is 4.00 e. The van der Waals surface area contributed by atoms with Crippen LogP contribution in [0.25, 0.3) is 87.6 Å². The summed E-state index contributed by atoms with van der Waals surface area (Å²) >= 11 is 0. The van der Waals surface area contributed by atoms with Crippen molar-refractivity contribution in [3.05, 3.63) is 170 Å². The van der Waals surface area contributed by atoms with E-state index in [9.17, 15) is 61.3 Å². The van der Waals surface area contributed by atoms with Crippen molar-refractivity contribution in [3.8, 4) is 90.5 Å². The van der Waals surface area contributed by atoms with Crippen LogP contribution in [0.5, 0.6) is 46.0 Å². The van der Waals surface area contributed by atoms with Crippen LogP contribution in [0.3, 0.4) is 0 Å².